The molecule has 0 aliphatic rings. The summed E-state index contributed by atoms with van der Waals surface area (Å²) in [4.78, 5) is 23.1. The van der Waals surface area contributed by atoms with Crippen molar-refractivity contribution in [3.05, 3.63) is 0 Å². The Kier molecular flexibility index (Phi) is 10.4. The Morgan fingerprint density at radius 2 is 1.40 bits per heavy atom. The van der Waals surface area contributed by atoms with Gasteiger partial charge in [-0.15, -0.1) is 0 Å². The van der Waals surface area contributed by atoms with Gasteiger partial charge in [-0.05, 0) is 40.0 Å². The van der Waals surface area contributed by atoms with E-state index in [1.807, 2.05) is 20.8 Å². The molecule has 0 N–H and O–H groups in total. The lowest BCUT2D eigenvalue weighted by molar-refractivity contribution is -0.153. The van der Waals surface area contributed by atoms with E-state index in [9.17, 15) is 9.59 Å². The Bertz CT molecular complexity index is 276. The van der Waals surface area contributed by atoms with Gasteiger partial charge >= 0.3 is 5.97 Å². The maximum absolute atomic E-state index is 11.6. The predicted molar refractivity (Wildman–Crippen MR) is 82.6 cm³/mol. The number of rotatable bonds is 11. The number of hydrogen-bond acceptors (Lipinski definition) is 3. The van der Waals surface area contributed by atoms with Crippen LogP contribution >= 0.6 is 0 Å². The molecule has 3 nitrogen and oxygen atoms in total. The van der Waals surface area contributed by atoms with E-state index >= 15 is 0 Å². The molecular formula is C17H32O3. The number of ketones is 1. The molecule has 0 spiro atoms. The number of ether oxygens (including phenoxy) is 1. The third-order valence-corrected chi connectivity index (χ3v) is 3.25. The molecule has 0 fully saturated rings. The minimum absolute atomic E-state index is 0.167. The molecule has 0 heterocycles. The molecule has 0 atom stereocenters. The lowest BCUT2D eigenvalue weighted by Crippen LogP contribution is -2.23. The summed E-state index contributed by atoms with van der Waals surface area (Å²) in [6, 6.07) is 0. The predicted octanol–water partition coefficient (Wildman–Crippen LogP) is 4.68. The Hall–Kier alpha value is -0.860. The molecule has 0 amide bonds. The van der Waals surface area contributed by atoms with Crippen LogP contribution in [0.3, 0.4) is 0 Å². The fourth-order valence-electron chi connectivity index (χ4n) is 1.86. The highest BCUT2D eigenvalue weighted by molar-refractivity contribution is 5.78. The summed E-state index contributed by atoms with van der Waals surface area (Å²) >= 11 is 0. The third kappa shape index (κ3) is 11.0. The molecule has 0 radical (unpaired) electrons. The van der Waals surface area contributed by atoms with Crippen molar-refractivity contribution in [1.82, 2.24) is 0 Å². The van der Waals surface area contributed by atoms with E-state index in [0.29, 0.717) is 25.2 Å². The monoisotopic (exact) mass is 284 g/mol. The number of carbonyl (C=O) groups excluding carboxylic acids is 2. The van der Waals surface area contributed by atoms with Crippen LogP contribution in [-0.4, -0.2) is 18.4 Å². The zero-order valence-corrected chi connectivity index (χ0v) is 13.8. The number of Topliss-reactive ketones (excluding diaryl/α,β-unsaturated/α-hetero) is 1. The van der Waals surface area contributed by atoms with Crippen LogP contribution < -0.4 is 0 Å². The van der Waals surface area contributed by atoms with Gasteiger partial charge in [-0.2, -0.15) is 0 Å². The van der Waals surface area contributed by atoms with Crippen molar-refractivity contribution in [2.75, 3.05) is 6.61 Å². The van der Waals surface area contributed by atoms with Crippen LogP contribution in [0.25, 0.3) is 0 Å². The number of hydrogen-bond donors (Lipinski definition) is 0. The molecule has 0 aromatic rings. The van der Waals surface area contributed by atoms with Gasteiger partial charge in [0.05, 0.1) is 12.0 Å². The second-order valence-electron chi connectivity index (χ2n) is 6.55. The molecule has 0 saturated heterocycles. The topological polar surface area (TPSA) is 43.4 Å². The van der Waals surface area contributed by atoms with Crippen molar-refractivity contribution in [1.29, 1.82) is 0 Å². The van der Waals surface area contributed by atoms with Gasteiger partial charge in [-0.3, -0.25) is 9.59 Å². The zero-order valence-electron chi connectivity index (χ0n) is 13.8. The molecule has 0 aromatic carbocycles. The molecule has 0 unspecified atom stereocenters. The average Bonchev–Trinajstić information content (AvgIpc) is 2.36. The van der Waals surface area contributed by atoms with E-state index < -0.39 is 5.41 Å². The summed E-state index contributed by atoms with van der Waals surface area (Å²) in [5.74, 6) is 0.184. The van der Waals surface area contributed by atoms with Gasteiger partial charge in [0.25, 0.3) is 0 Å². The van der Waals surface area contributed by atoms with E-state index in [1.165, 1.54) is 25.7 Å². The van der Waals surface area contributed by atoms with Gasteiger partial charge in [0.15, 0.2) is 0 Å². The Morgan fingerprint density at radius 3 is 1.95 bits per heavy atom. The van der Waals surface area contributed by atoms with Gasteiger partial charge in [0, 0.05) is 12.8 Å². The van der Waals surface area contributed by atoms with Crippen LogP contribution in [-0.2, 0) is 14.3 Å². The molecule has 0 aromatic heterocycles. The van der Waals surface area contributed by atoms with Gasteiger partial charge in [-0.1, -0.05) is 32.6 Å². The minimum atomic E-state index is -0.436. The highest BCUT2D eigenvalue weighted by Crippen LogP contribution is 2.15. The molecule has 0 aliphatic heterocycles. The quantitative estimate of drug-likeness (QED) is 0.409. The molecule has 0 bridgehead atoms. The van der Waals surface area contributed by atoms with Gasteiger partial charge in [0.2, 0.25) is 0 Å². The molecule has 0 saturated carbocycles. The Balaban J connectivity index is 3.42. The van der Waals surface area contributed by atoms with Gasteiger partial charge in [-0.25, -0.2) is 0 Å². The summed E-state index contributed by atoms with van der Waals surface area (Å²) in [5.41, 5.74) is -0.436. The van der Waals surface area contributed by atoms with Crippen LogP contribution in [0, 0.1) is 5.41 Å². The lowest BCUT2D eigenvalue weighted by atomic mass is 9.97. The summed E-state index contributed by atoms with van der Waals surface area (Å²) in [5, 5.41) is 0. The fourth-order valence-corrected chi connectivity index (χ4v) is 1.86. The van der Waals surface area contributed by atoms with Crippen molar-refractivity contribution in [2.45, 2.75) is 85.5 Å². The van der Waals surface area contributed by atoms with Crippen LogP contribution in [0.4, 0.5) is 0 Å². The zero-order chi connectivity index (χ0) is 15.4. The molecule has 20 heavy (non-hydrogen) atoms. The lowest BCUT2D eigenvalue weighted by Gasteiger charge is -2.16. The maximum Gasteiger partial charge on any atom is 0.311 e. The molecule has 3 heteroatoms. The number of esters is 1. The first kappa shape index (κ1) is 19.1. The first-order valence-electron chi connectivity index (χ1n) is 8.07. The summed E-state index contributed by atoms with van der Waals surface area (Å²) < 4.78 is 5.16. The third-order valence-electron chi connectivity index (χ3n) is 3.25. The highest BCUT2D eigenvalue weighted by atomic mass is 16.5. The van der Waals surface area contributed by atoms with E-state index in [1.54, 1.807) is 0 Å². The van der Waals surface area contributed by atoms with Crippen LogP contribution in [0.1, 0.15) is 85.5 Å². The summed E-state index contributed by atoms with van der Waals surface area (Å²) in [6.07, 6.45) is 8.89. The molecule has 0 aliphatic carbocycles. The van der Waals surface area contributed by atoms with E-state index in [4.69, 9.17) is 4.74 Å². The van der Waals surface area contributed by atoms with Crippen LogP contribution in [0.15, 0.2) is 0 Å². The summed E-state index contributed by atoms with van der Waals surface area (Å²) in [7, 11) is 0. The second-order valence-corrected chi connectivity index (χ2v) is 6.55. The maximum atomic E-state index is 11.6. The molecular weight excluding hydrogens is 252 g/mol. The second kappa shape index (κ2) is 10.9. The molecule has 0 rings (SSSR count). The SMILES string of the molecule is CCCCCCCC(=O)CCCCOC(=O)C(C)(C)C. The fraction of sp³-hybridized carbons (Fsp3) is 0.882. The highest BCUT2D eigenvalue weighted by Gasteiger charge is 2.22. The largest absolute Gasteiger partial charge is 0.465 e. The van der Waals surface area contributed by atoms with Crippen LogP contribution in [0.5, 0.6) is 0 Å². The van der Waals surface area contributed by atoms with Gasteiger partial charge in [0.1, 0.15) is 5.78 Å². The van der Waals surface area contributed by atoms with Crippen LogP contribution in [0.2, 0.25) is 0 Å². The molecule has 118 valence electrons. The normalized spacial score (nSPS) is 11.4. The summed E-state index contributed by atoms with van der Waals surface area (Å²) in [6.45, 7) is 8.16. The average molecular weight is 284 g/mol. The number of unbranched alkanes of at least 4 members (excludes halogenated alkanes) is 5. The van der Waals surface area contributed by atoms with Gasteiger partial charge < -0.3 is 4.74 Å². The minimum Gasteiger partial charge on any atom is -0.465 e. The Labute approximate surface area is 124 Å². The first-order chi connectivity index (χ1) is 9.38. The smallest absolute Gasteiger partial charge is 0.311 e. The number of carbonyl (C=O) groups is 2. The first-order valence-corrected chi connectivity index (χ1v) is 8.07. The van der Waals surface area contributed by atoms with Crippen molar-refractivity contribution in [3.8, 4) is 0 Å². The van der Waals surface area contributed by atoms with Crippen molar-refractivity contribution in [3.63, 3.8) is 0 Å². The van der Waals surface area contributed by atoms with E-state index in [2.05, 4.69) is 6.92 Å². The van der Waals surface area contributed by atoms with Crippen molar-refractivity contribution >= 4 is 11.8 Å². The van der Waals surface area contributed by atoms with Crippen molar-refractivity contribution in [2.24, 2.45) is 5.41 Å². The standard InChI is InChI=1S/C17H32O3/c1-5-6-7-8-9-12-15(18)13-10-11-14-20-16(19)17(2,3)4/h5-14H2,1-4H3. The van der Waals surface area contributed by atoms with E-state index in [0.717, 1.165) is 19.3 Å². The van der Waals surface area contributed by atoms with E-state index in [-0.39, 0.29) is 5.97 Å². The van der Waals surface area contributed by atoms with Crippen molar-refractivity contribution < 1.29 is 14.3 Å². The Morgan fingerprint density at radius 1 is 0.850 bits per heavy atom.